The number of esters is 1. The number of hydrogen-bond donors (Lipinski definition) is 1. The number of benzene rings is 1. The highest BCUT2D eigenvalue weighted by atomic mass is 31.2. The molecule has 0 radical (unpaired) electrons. The number of unbranched alkanes of at least 4 members (excludes halogenated alkanes) is 4. The van der Waals surface area contributed by atoms with Crippen LogP contribution in [0, 0.1) is 5.92 Å². The fourth-order valence-electron chi connectivity index (χ4n) is 6.20. The van der Waals surface area contributed by atoms with E-state index in [2.05, 4.69) is 26.5 Å². The number of hydrogen-bond acceptors (Lipinski definition) is 7. The summed E-state index contributed by atoms with van der Waals surface area (Å²) in [5.41, 5.74) is 1.92. The first-order valence-electron chi connectivity index (χ1n) is 15.6. The molecule has 0 bridgehead atoms. The molecule has 7 nitrogen and oxygen atoms in total. The van der Waals surface area contributed by atoms with Gasteiger partial charge in [0.25, 0.3) is 7.82 Å². The number of aromatic hydroxyl groups is 1. The molecule has 1 fully saturated rings. The van der Waals surface area contributed by atoms with E-state index >= 15 is 0 Å². The maximum Gasteiger partial charge on any atom is 0.344 e. The molecule has 2 aliphatic carbocycles. The van der Waals surface area contributed by atoms with Gasteiger partial charge < -0.3 is 19.3 Å². The van der Waals surface area contributed by atoms with Gasteiger partial charge in [0.15, 0.2) is 5.60 Å². The lowest BCUT2D eigenvalue weighted by Crippen LogP contribution is -2.46. The van der Waals surface area contributed by atoms with Crippen molar-refractivity contribution in [1.82, 2.24) is 0 Å². The van der Waals surface area contributed by atoms with Gasteiger partial charge in [0.2, 0.25) is 0 Å². The SMILES string of the molecule is C=C(C)[C@@H]1CCC(C)=C[C@H]1c1c(O)cc(CCC)cc1OC(=O)C1(OP(=O)([O-])OCCCCCCC)CCCCC1. The van der Waals surface area contributed by atoms with Crippen LogP contribution in [0.1, 0.15) is 128 Å². The number of carbonyl (C=O) groups is 1. The van der Waals surface area contributed by atoms with E-state index in [0.29, 0.717) is 31.2 Å². The lowest BCUT2D eigenvalue weighted by atomic mass is 9.73. The second kappa shape index (κ2) is 15.5. The molecule has 0 amide bonds. The van der Waals surface area contributed by atoms with Crippen LogP contribution >= 0.6 is 7.82 Å². The number of phenols is 1. The second-order valence-corrected chi connectivity index (χ2v) is 13.4. The molecule has 8 heteroatoms. The van der Waals surface area contributed by atoms with Crippen LogP contribution in [0.2, 0.25) is 0 Å². The number of aryl methyl sites for hydroxylation is 1. The number of phosphoric ester groups is 1. The fourth-order valence-corrected chi connectivity index (χ4v) is 7.29. The third-order valence-corrected chi connectivity index (χ3v) is 9.52. The van der Waals surface area contributed by atoms with Crippen LogP contribution in [-0.2, 0) is 24.8 Å². The standard InChI is InChI=1S/C33H51O7P/c1-6-8-9-10-14-20-38-41(36,37)40-33(18-12-11-13-19-33)32(35)39-30-23-26(15-7-2)22-29(34)31(30)28-21-25(5)16-17-27(28)24(3)4/h21-23,27-28,34H,3,6-20H2,1-2,4-5H3,(H,36,37)/p-1/t27-,28+/m0/s1. The number of phenolic OH excluding ortho intramolecular Hbond substituents is 1. The summed E-state index contributed by atoms with van der Waals surface area (Å²) in [6.07, 6.45) is 12.8. The molecule has 1 N–H and O–H groups in total. The first-order valence-corrected chi connectivity index (χ1v) is 17.0. The Morgan fingerprint density at radius 3 is 2.49 bits per heavy atom. The maximum atomic E-state index is 13.9. The van der Waals surface area contributed by atoms with E-state index in [9.17, 15) is 19.4 Å². The van der Waals surface area contributed by atoms with E-state index < -0.39 is 19.4 Å². The first kappa shape index (κ1) is 33.6. The van der Waals surface area contributed by atoms with E-state index in [1.807, 2.05) is 19.9 Å². The van der Waals surface area contributed by atoms with Gasteiger partial charge in [0.1, 0.15) is 11.5 Å². The highest BCUT2D eigenvalue weighted by molar-refractivity contribution is 7.46. The molecule has 3 rings (SSSR count). The monoisotopic (exact) mass is 589 g/mol. The zero-order valence-electron chi connectivity index (χ0n) is 25.5. The molecule has 3 atom stereocenters. The van der Waals surface area contributed by atoms with Crippen molar-refractivity contribution in [3.05, 3.63) is 47.1 Å². The van der Waals surface area contributed by atoms with Crippen molar-refractivity contribution in [2.45, 2.75) is 129 Å². The predicted octanol–water partition coefficient (Wildman–Crippen LogP) is 8.44. The van der Waals surface area contributed by atoms with E-state index in [0.717, 1.165) is 62.5 Å². The average molecular weight is 590 g/mol. The Morgan fingerprint density at radius 1 is 1.12 bits per heavy atom. The average Bonchev–Trinajstić information content (AvgIpc) is 2.90. The number of phosphoric acid groups is 1. The molecule has 1 unspecified atom stereocenters. The van der Waals surface area contributed by atoms with Crippen molar-refractivity contribution >= 4 is 13.8 Å². The molecule has 1 saturated carbocycles. The second-order valence-electron chi connectivity index (χ2n) is 12.0. The van der Waals surface area contributed by atoms with Gasteiger partial charge in [0, 0.05) is 11.5 Å². The molecule has 0 saturated heterocycles. The van der Waals surface area contributed by atoms with Crippen molar-refractivity contribution in [3.63, 3.8) is 0 Å². The largest absolute Gasteiger partial charge is 0.756 e. The van der Waals surface area contributed by atoms with Crippen LogP contribution < -0.4 is 9.63 Å². The summed E-state index contributed by atoms with van der Waals surface area (Å²) in [5, 5.41) is 11.3. The zero-order valence-corrected chi connectivity index (χ0v) is 26.4. The minimum Gasteiger partial charge on any atom is -0.756 e. The molecule has 41 heavy (non-hydrogen) atoms. The number of ether oxygens (including phenoxy) is 1. The lowest BCUT2D eigenvalue weighted by Gasteiger charge is -2.39. The molecule has 1 aromatic carbocycles. The summed E-state index contributed by atoms with van der Waals surface area (Å²) in [4.78, 5) is 26.9. The van der Waals surface area contributed by atoms with Crippen LogP contribution in [0.4, 0.5) is 0 Å². The van der Waals surface area contributed by atoms with Gasteiger partial charge in [0.05, 0.1) is 6.61 Å². The third kappa shape index (κ3) is 9.28. The summed E-state index contributed by atoms with van der Waals surface area (Å²) >= 11 is 0. The topological polar surface area (TPSA) is 105 Å². The van der Waals surface area contributed by atoms with Gasteiger partial charge in [-0.25, -0.2) is 4.79 Å². The Kier molecular flexibility index (Phi) is 12.7. The van der Waals surface area contributed by atoms with E-state index in [4.69, 9.17) is 13.8 Å². The van der Waals surface area contributed by atoms with E-state index in [-0.39, 0.29) is 42.8 Å². The number of carbonyl (C=O) groups excluding carboxylic acids is 1. The zero-order chi connectivity index (χ0) is 30.0. The molecular formula is C33H50O7P-. The number of rotatable bonds is 15. The van der Waals surface area contributed by atoms with E-state index in [1.165, 1.54) is 5.57 Å². The molecule has 0 aliphatic heterocycles. The van der Waals surface area contributed by atoms with Crippen molar-refractivity contribution in [2.75, 3.05) is 6.61 Å². The normalized spacial score (nSPS) is 22.0. The van der Waals surface area contributed by atoms with Crippen molar-refractivity contribution in [1.29, 1.82) is 0 Å². The summed E-state index contributed by atoms with van der Waals surface area (Å²) in [6, 6.07) is 3.56. The van der Waals surface area contributed by atoms with Crippen LogP contribution in [0.3, 0.4) is 0 Å². The first-order chi connectivity index (χ1) is 19.5. The third-order valence-electron chi connectivity index (χ3n) is 8.45. The quantitative estimate of drug-likeness (QED) is 0.0719. The maximum absolute atomic E-state index is 13.9. The molecule has 230 valence electrons. The molecule has 0 aromatic heterocycles. The summed E-state index contributed by atoms with van der Waals surface area (Å²) in [6.45, 7) is 12.4. The smallest absolute Gasteiger partial charge is 0.344 e. The Morgan fingerprint density at radius 2 is 1.83 bits per heavy atom. The Labute approximate surface area is 247 Å². The van der Waals surface area contributed by atoms with Crippen LogP contribution in [0.15, 0.2) is 35.9 Å². The summed E-state index contributed by atoms with van der Waals surface area (Å²) in [5.74, 6) is -0.569. The van der Waals surface area contributed by atoms with Crippen LogP contribution in [0.25, 0.3) is 0 Å². The van der Waals surface area contributed by atoms with Crippen LogP contribution in [-0.4, -0.2) is 23.3 Å². The minimum atomic E-state index is -4.76. The van der Waals surface area contributed by atoms with Gasteiger partial charge in [-0.2, -0.15) is 0 Å². The van der Waals surface area contributed by atoms with Crippen molar-refractivity contribution in [3.8, 4) is 11.5 Å². The highest BCUT2D eigenvalue weighted by Gasteiger charge is 2.46. The summed E-state index contributed by atoms with van der Waals surface area (Å²) < 4.78 is 29.8. The molecule has 0 heterocycles. The molecule has 2 aliphatic rings. The van der Waals surface area contributed by atoms with Gasteiger partial charge in [-0.1, -0.05) is 76.2 Å². The van der Waals surface area contributed by atoms with Gasteiger partial charge >= 0.3 is 5.97 Å². The Bertz CT molecular complexity index is 1120. The Balaban J connectivity index is 1.92. The highest BCUT2D eigenvalue weighted by Crippen LogP contribution is 2.50. The molecule has 1 aromatic rings. The van der Waals surface area contributed by atoms with Crippen molar-refractivity contribution in [2.24, 2.45) is 5.92 Å². The minimum absolute atomic E-state index is 0.0301. The fraction of sp³-hybridized carbons (Fsp3) is 0.667. The van der Waals surface area contributed by atoms with Crippen molar-refractivity contribution < 1.29 is 33.1 Å². The van der Waals surface area contributed by atoms with Gasteiger partial charge in [-0.05, 0) is 88.8 Å². The van der Waals surface area contributed by atoms with E-state index in [1.54, 1.807) is 6.07 Å². The Hall–Kier alpha value is -1.92. The molecular weight excluding hydrogens is 539 g/mol. The predicted molar refractivity (Wildman–Crippen MR) is 161 cm³/mol. The lowest BCUT2D eigenvalue weighted by molar-refractivity contribution is -0.240. The summed E-state index contributed by atoms with van der Waals surface area (Å²) in [7, 11) is -4.76. The van der Waals surface area contributed by atoms with Gasteiger partial charge in [-0.3, -0.25) is 9.09 Å². The van der Waals surface area contributed by atoms with Gasteiger partial charge in [-0.15, -0.1) is 0 Å². The van der Waals surface area contributed by atoms with Crippen LogP contribution in [0.5, 0.6) is 11.5 Å². The molecule has 0 spiro atoms. The number of allylic oxidation sites excluding steroid dienone is 3.